The Morgan fingerprint density at radius 1 is 1.29 bits per heavy atom. The predicted octanol–water partition coefficient (Wildman–Crippen LogP) is 3.22. The number of nitrogens with one attached hydrogen (secondary N) is 2. The van der Waals surface area contributed by atoms with Gasteiger partial charge in [-0.25, -0.2) is 4.79 Å². The van der Waals surface area contributed by atoms with Crippen LogP contribution in [0.4, 0.5) is 4.79 Å². The van der Waals surface area contributed by atoms with Crippen LogP contribution < -0.4 is 5.32 Å². The molecule has 2 amide bonds. The molecule has 24 heavy (non-hydrogen) atoms. The zero-order chi connectivity index (χ0) is 16.9. The number of urea groups is 1. The highest BCUT2D eigenvalue weighted by Crippen LogP contribution is 2.33. The Morgan fingerprint density at radius 2 is 2.17 bits per heavy atom. The quantitative estimate of drug-likeness (QED) is 0.888. The minimum Gasteiger partial charge on any atom is -0.378 e. The van der Waals surface area contributed by atoms with Crippen LogP contribution in [0.5, 0.6) is 0 Å². The fourth-order valence-corrected chi connectivity index (χ4v) is 4.02. The van der Waals surface area contributed by atoms with E-state index in [4.69, 9.17) is 4.74 Å². The lowest BCUT2D eigenvalue weighted by molar-refractivity contribution is 0.103. The average molecular weight is 334 g/mol. The fourth-order valence-electron chi connectivity index (χ4n) is 4.02. The third-order valence-electron chi connectivity index (χ3n) is 5.30. The molecule has 0 spiro atoms. The number of aromatic amines is 1. The van der Waals surface area contributed by atoms with Crippen molar-refractivity contribution in [1.29, 1.82) is 0 Å². The van der Waals surface area contributed by atoms with Crippen LogP contribution in [0.15, 0.2) is 0 Å². The van der Waals surface area contributed by atoms with Gasteiger partial charge in [0.15, 0.2) is 0 Å². The minimum absolute atomic E-state index is 0.0555. The predicted molar refractivity (Wildman–Crippen MR) is 93.0 cm³/mol. The summed E-state index contributed by atoms with van der Waals surface area (Å²) in [4.78, 5) is 14.8. The summed E-state index contributed by atoms with van der Waals surface area (Å²) in [5.41, 5.74) is 3.29. The molecule has 2 saturated heterocycles. The zero-order valence-electron chi connectivity index (χ0n) is 14.9. The Bertz CT molecular complexity index is 532. The Labute approximate surface area is 144 Å². The first-order valence-corrected chi connectivity index (χ1v) is 9.34. The van der Waals surface area contributed by atoms with Crippen LogP contribution in [0.3, 0.4) is 0 Å². The highest BCUT2D eigenvalue weighted by molar-refractivity contribution is 5.75. The van der Waals surface area contributed by atoms with E-state index in [9.17, 15) is 4.79 Å². The van der Waals surface area contributed by atoms with Gasteiger partial charge in [0.25, 0.3) is 0 Å². The lowest BCUT2D eigenvalue weighted by atomic mass is 9.99. The van der Waals surface area contributed by atoms with Gasteiger partial charge in [0.05, 0.1) is 17.8 Å². The number of amides is 2. The first-order chi connectivity index (χ1) is 11.7. The monoisotopic (exact) mass is 334 g/mol. The number of hydrogen-bond donors (Lipinski definition) is 2. The number of rotatable bonds is 4. The van der Waals surface area contributed by atoms with Crippen molar-refractivity contribution in [2.24, 2.45) is 0 Å². The van der Waals surface area contributed by atoms with Gasteiger partial charge in [-0.15, -0.1) is 0 Å². The van der Waals surface area contributed by atoms with Gasteiger partial charge in [-0.3, -0.25) is 5.10 Å². The minimum atomic E-state index is 0.0555. The molecule has 2 fully saturated rings. The Morgan fingerprint density at radius 3 is 2.88 bits per heavy atom. The van der Waals surface area contributed by atoms with Gasteiger partial charge >= 0.3 is 6.03 Å². The summed E-state index contributed by atoms with van der Waals surface area (Å²) >= 11 is 0. The SMILES string of the molecule is Cc1n[nH]c(C)c1[C@H]1CCCCCN1C(=O)NCC[C@H]1CCCO1. The number of nitrogens with zero attached hydrogens (tertiary/aromatic N) is 2. The van der Waals surface area contributed by atoms with Crippen molar-refractivity contribution in [2.45, 2.75) is 70.9 Å². The summed E-state index contributed by atoms with van der Waals surface area (Å²) in [6, 6.07) is 0.189. The lowest BCUT2D eigenvalue weighted by Gasteiger charge is -2.31. The van der Waals surface area contributed by atoms with Crippen molar-refractivity contribution >= 4 is 6.03 Å². The second kappa shape index (κ2) is 8.01. The number of carbonyl (C=O) groups is 1. The number of ether oxygens (including phenoxy) is 1. The third kappa shape index (κ3) is 3.91. The van der Waals surface area contributed by atoms with Crippen LogP contribution in [0.1, 0.15) is 67.9 Å². The van der Waals surface area contributed by atoms with Gasteiger partial charge in [0.1, 0.15) is 0 Å². The van der Waals surface area contributed by atoms with E-state index in [1.54, 1.807) is 0 Å². The molecule has 2 aliphatic heterocycles. The number of H-pyrrole nitrogens is 1. The number of likely N-dealkylation sites (tertiary alicyclic amines) is 1. The zero-order valence-corrected chi connectivity index (χ0v) is 14.9. The molecule has 3 rings (SSSR count). The smallest absolute Gasteiger partial charge is 0.317 e. The summed E-state index contributed by atoms with van der Waals surface area (Å²) in [7, 11) is 0. The van der Waals surface area contributed by atoms with Crippen LogP contribution in [0, 0.1) is 13.8 Å². The van der Waals surface area contributed by atoms with Crippen LogP contribution in [-0.2, 0) is 4.74 Å². The van der Waals surface area contributed by atoms with E-state index in [1.165, 1.54) is 12.0 Å². The molecule has 0 bridgehead atoms. The van der Waals surface area contributed by atoms with E-state index in [0.29, 0.717) is 12.6 Å². The third-order valence-corrected chi connectivity index (χ3v) is 5.30. The molecule has 6 heteroatoms. The molecule has 2 aliphatic rings. The van der Waals surface area contributed by atoms with E-state index in [-0.39, 0.29) is 12.1 Å². The summed E-state index contributed by atoms with van der Waals surface area (Å²) < 4.78 is 5.63. The molecule has 2 atom stereocenters. The molecule has 6 nitrogen and oxygen atoms in total. The second-order valence-corrected chi connectivity index (χ2v) is 7.06. The standard InChI is InChI=1S/C18H30N4O2/c1-13-17(14(2)21-20-13)16-8-4-3-5-11-22(16)18(23)19-10-9-15-7-6-12-24-15/h15-16H,3-12H2,1-2H3,(H,19,23)(H,20,21)/t15-,16-/m1/s1. The van der Waals surface area contributed by atoms with Gasteiger partial charge < -0.3 is 15.0 Å². The molecule has 1 aromatic rings. The molecule has 0 aromatic carbocycles. The van der Waals surface area contributed by atoms with E-state index in [0.717, 1.165) is 63.1 Å². The molecular weight excluding hydrogens is 304 g/mol. The second-order valence-electron chi connectivity index (χ2n) is 7.06. The first-order valence-electron chi connectivity index (χ1n) is 9.34. The van der Waals surface area contributed by atoms with E-state index in [1.807, 2.05) is 18.7 Å². The molecule has 0 saturated carbocycles. The molecule has 2 N–H and O–H groups in total. The van der Waals surface area contributed by atoms with Crippen LogP contribution in [0.25, 0.3) is 0 Å². The van der Waals surface area contributed by atoms with Crippen LogP contribution >= 0.6 is 0 Å². The van der Waals surface area contributed by atoms with E-state index >= 15 is 0 Å². The largest absolute Gasteiger partial charge is 0.378 e. The van der Waals surface area contributed by atoms with Gasteiger partial charge in [-0.2, -0.15) is 5.10 Å². The van der Waals surface area contributed by atoms with Gasteiger partial charge in [-0.1, -0.05) is 12.8 Å². The number of carbonyl (C=O) groups excluding carboxylic acids is 1. The van der Waals surface area contributed by atoms with Gasteiger partial charge in [0, 0.05) is 31.0 Å². The summed E-state index contributed by atoms with van der Waals surface area (Å²) in [6.45, 7) is 6.45. The topological polar surface area (TPSA) is 70.2 Å². The average Bonchev–Trinajstić information content (AvgIpc) is 3.11. The Balaban J connectivity index is 1.64. The van der Waals surface area contributed by atoms with Crippen molar-refractivity contribution in [3.63, 3.8) is 0 Å². The molecule has 0 unspecified atom stereocenters. The summed E-state index contributed by atoms with van der Waals surface area (Å²) in [5, 5.41) is 10.5. The molecule has 0 radical (unpaired) electrons. The Hall–Kier alpha value is -1.56. The maximum atomic E-state index is 12.8. The molecular formula is C18H30N4O2. The van der Waals surface area contributed by atoms with Crippen LogP contribution in [-0.4, -0.2) is 46.9 Å². The number of aryl methyl sites for hydroxylation is 2. The fraction of sp³-hybridized carbons (Fsp3) is 0.778. The highest BCUT2D eigenvalue weighted by atomic mass is 16.5. The van der Waals surface area contributed by atoms with Crippen molar-refractivity contribution in [3.8, 4) is 0 Å². The summed E-state index contributed by atoms with van der Waals surface area (Å²) in [6.07, 6.45) is 7.94. The summed E-state index contributed by atoms with van der Waals surface area (Å²) in [5.74, 6) is 0. The van der Waals surface area contributed by atoms with Gasteiger partial charge in [0.2, 0.25) is 0 Å². The van der Waals surface area contributed by atoms with Crippen LogP contribution in [0.2, 0.25) is 0 Å². The normalized spacial score (nSPS) is 24.8. The molecule has 134 valence electrons. The molecule has 3 heterocycles. The first kappa shape index (κ1) is 17.3. The van der Waals surface area contributed by atoms with Crippen molar-refractivity contribution in [3.05, 3.63) is 17.0 Å². The maximum absolute atomic E-state index is 12.8. The Kier molecular flexibility index (Phi) is 5.76. The number of hydrogen-bond acceptors (Lipinski definition) is 3. The molecule has 1 aromatic heterocycles. The highest BCUT2D eigenvalue weighted by Gasteiger charge is 2.30. The van der Waals surface area contributed by atoms with Crippen molar-refractivity contribution in [1.82, 2.24) is 20.4 Å². The van der Waals surface area contributed by atoms with Crippen molar-refractivity contribution in [2.75, 3.05) is 19.7 Å². The van der Waals surface area contributed by atoms with Gasteiger partial charge in [-0.05, 0) is 46.0 Å². The van der Waals surface area contributed by atoms with E-state index in [2.05, 4.69) is 15.5 Å². The lowest BCUT2D eigenvalue weighted by Crippen LogP contribution is -2.43. The maximum Gasteiger partial charge on any atom is 0.317 e. The van der Waals surface area contributed by atoms with E-state index < -0.39 is 0 Å². The number of aromatic nitrogens is 2. The molecule has 0 aliphatic carbocycles. The van der Waals surface area contributed by atoms with Crippen molar-refractivity contribution < 1.29 is 9.53 Å².